The molecule has 0 aromatic heterocycles. The van der Waals surface area contributed by atoms with E-state index in [2.05, 4.69) is 0 Å². The van der Waals surface area contributed by atoms with Crippen LogP contribution in [0.15, 0.2) is 97.1 Å². The van der Waals surface area contributed by atoms with Crippen LogP contribution in [0.3, 0.4) is 0 Å². The Morgan fingerprint density at radius 3 is 0.862 bits per heavy atom. The van der Waals surface area contributed by atoms with Gasteiger partial charge in [-0.2, -0.15) is 0 Å². The molecule has 4 aromatic rings. The summed E-state index contributed by atoms with van der Waals surface area (Å²) in [5.41, 5.74) is 30.5. The van der Waals surface area contributed by atoms with E-state index in [1.54, 1.807) is 0 Å². The van der Waals surface area contributed by atoms with E-state index in [0.29, 0.717) is 0 Å². The lowest BCUT2D eigenvalue weighted by atomic mass is 10.0. The normalized spacial score (nSPS) is 10.1. The van der Waals surface area contributed by atoms with Gasteiger partial charge in [-0.25, -0.2) is 0 Å². The van der Waals surface area contributed by atoms with Crippen LogP contribution in [0.25, 0.3) is 11.1 Å². The van der Waals surface area contributed by atoms with Crippen LogP contribution in [-0.2, 0) is 6.42 Å². The van der Waals surface area contributed by atoms with Gasteiger partial charge in [0.15, 0.2) is 0 Å². The van der Waals surface area contributed by atoms with Crippen molar-refractivity contribution in [2.24, 2.45) is 0 Å². The molecule has 0 bridgehead atoms. The summed E-state index contributed by atoms with van der Waals surface area (Å²) in [6.07, 6.45) is 0.917. The summed E-state index contributed by atoms with van der Waals surface area (Å²) in [5, 5.41) is 0. The Balaban J connectivity index is 0.000000166. The van der Waals surface area contributed by atoms with E-state index in [0.717, 1.165) is 40.3 Å². The third kappa shape index (κ3) is 6.04. The standard InChI is InChI=1S/C13H14N2.C12H12N2/c14-12-5-1-10(2-6-12)9-11-3-7-13(15)8-4-11;13-11-5-1-9(2-6-11)10-3-7-12(14)8-4-10/h1-8H,9,14-15H2;1-8H,13-14H2. The fourth-order valence-corrected chi connectivity index (χ4v) is 2.86. The minimum Gasteiger partial charge on any atom is -0.399 e. The number of rotatable bonds is 3. The maximum Gasteiger partial charge on any atom is 0.0314 e. The second kappa shape index (κ2) is 9.33. The number of nitrogens with two attached hydrogens (primary N) is 4. The molecule has 0 unspecified atom stereocenters. The van der Waals surface area contributed by atoms with E-state index in [9.17, 15) is 0 Å². The molecule has 146 valence electrons. The molecule has 0 aliphatic rings. The number of hydrogen-bond acceptors (Lipinski definition) is 4. The number of hydrogen-bond donors (Lipinski definition) is 4. The Kier molecular flexibility index (Phi) is 6.38. The van der Waals surface area contributed by atoms with Crippen LogP contribution in [-0.4, -0.2) is 0 Å². The van der Waals surface area contributed by atoms with Crippen LogP contribution in [0, 0.1) is 0 Å². The van der Waals surface area contributed by atoms with Gasteiger partial charge in [-0.15, -0.1) is 0 Å². The molecule has 0 amide bonds. The monoisotopic (exact) mass is 382 g/mol. The van der Waals surface area contributed by atoms with Crippen LogP contribution in [0.2, 0.25) is 0 Å². The third-order valence-electron chi connectivity index (χ3n) is 4.52. The molecule has 4 rings (SSSR count). The molecule has 4 heteroatoms. The summed E-state index contributed by atoms with van der Waals surface area (Å²) in [6, 6.07) is 31.5. The van der Waals surface area contributed by atoms with Crippen molar-refractivity contribution in [2.45, 2.75) is 6.42 Å². The SMILES string of the molecule is Nc1ccc(-c2ccc(N)cc2)cc1.Nc1ccc(Cc2ccc(N)cc2)cc1. The summed E-state index contributed by atoms with van der Waals surface area (Å²) >= 11 is 0. The molecule has 0 aliphatic carbocycles. The minimum atomic E-state index is 0.782. The predicted molar refractivity (Wildman–Crippen MR) is 125 cm³/mol. The number of benzene rings is 4. The average Bonchev–Trinajstić information content (AvgIpc) is 2.73. The first-order valence-corrected chi connectivity index (χ1v) is 9.40. The first-order chi connectivity index (χ1) is 14.0. The highest BCUT2D eigenvalue weighted by molar-refractivity contribution is 5.67. The quantitative estimate of drug-likeness (QED) is 0.376. The summed E-state index contributed by atoms with van der Waals surface area (Å²) in [4.78, 5) is 0. The lowest BCUT2D eigenvalue weighted by molar-refractivity contribution is 1.19. The highest BCUT2D eigenvalue weighted by atomic mass is 14.5. The topological polar surface area (TPSA) is 104 Å². The van der Waals surface area contributed by atoms with Crippen molar-refractivity contribution in [1.29, 1.82) is 0 Å². The van der Waals surface area contributed by atoms with E-state index in [1.807, 2.05) is 97.1 Å². The molecule has 0 aliphatic heterocycles. The van der Waals surface area contributed by atoms with Crippen LogP contribution in [0.5, 0.6) is 0 Å². The summed E-state index contributed by atoms with van der Waals surface area (Å²) < 4.78 is 0. The van der Waals surface area contributed by atoms with Crippen LogP contribution in [0.1, 0.15) is 11.1 Å². The molecular weight excluding hydrogens is 356 g/mol. The van der Waals surface area contributed by atoms with Gasteiger partial charge in [0.2, 0.25) is 0 Å². The van der Waals surface area contributed by atoms with Gasteiger partial charge in [0.25, 0.3) is 0 Å². The van der Waals surface area contributed by atoms with Crippen LogP contribution >= 0.6 is 0 Å². The Morgan fingerprint density at radius 2 is 0.586 bits per heavy atom. The molecule has 0 spiro atoms. The largest absolute Gasteiger partial charge is 0.399 e. The van der Waals surface area contributed by atoms with Gasteiger partial charge in [-0.3, -0.25) is 0 Å². The molecule has 0 atom stereocenters. The summed E-state index contributed by atoms with van der Waals surface area (Å²) in [6.45, 7) is 0. The number of nitrogen functional groups attached to an aromatic ring is 4. The third-order valence-corrected chi connectivity index (χ3v) is 4.52. The molecule has 0 fully saturated rings. The lowest BCUT2D eigenvalue weighted by Crippen LogP contribution is -1.90. The predicted octanol–water partition coefficient (Wildman–Crippen LogP) is 4.96. The first kappa shape index (κ1) is 19.8. The van der Waals surface area contributed by atoms with Gasteiger partial charge in [-0.05, 0) is 77.2 Å². The van der Waals surface area contributed by atoms with E-state index >= 15 is 0 Å². The van der Waals surface area contributed by atoms with Gasteiger partial charge in [-0.1, -0.05) is 48.5 Å². The van der Waals surface area contributed by atoms with Crippen molar-refractivity contribution in [3.8, 4) is 11.1 Å². The van der Waals surface area contributed by atoms with Gasteiger partial charge < -0.3 is 22.9 Å². The molecule has 4 aromatic carbocycles. The maximum absolute atomic E-state index is 5.62. The summed E-state index contributed by atoms with van der Waals surface area (Å²) in [5.74, 6) is 0. The molecular formula is C25H26N4. The van der Waals surface area contributed by atoms with Crippen LogP contribution < -0.4 is 22.9 Å². The fourth-order valence-electron chi connectivity index (χ4n) is 2.86. The van der Waals surface area contributed by atoms with Crippen molar-refractivity contribution in [3.63, 3.8) is 0 Å². The minimum absolute atomic E-state index is 0.782. The summed E-state index contributed by atoms with van der Waals surface area (Å²) in [7, 11) is 0. The molecule has 8 N–H and O–H groups in total. The van der Waals surface area contributed by atoms with Gasteiger partial charge in [0.05, 0.1) is 0 Å². The zero-order valence-electron chi connectivity index (χ0n) is 16.3. The molecule has 0 radical (unpaired) electrons. The lowest BCUT2D eigenvalue weighted by Gasteiger charge is -2.02. The highest BCUT2D eigenvalue weighted by Gasteiger charge is 1.97. The van der Waals surface area contributed by atoms with Gasteiger partial charge in [0, 0.05) is 22.7 Å². The van der Waals surface area contributed by atoms with Gasteiger partial charge >= 0.3 is 0 Å². The number of anilines is 4. The Morgan fingerprint density at radius 1 is 0.345 bits per heavy atom. The molecule has 0 saturated carbocycles. The van der Waals surface area contributed by atoms with Crippen LogP contribution in [0.4, 0.5) is 22.7 Å². The van der Waals surface area contributed by atoms with E-state index < -0.39 is 0 Å². The van der Waals surface area contributed by atoms with Gasteiger partial charge in [0.1, 0.15) is 0 Å². The maximum atomic E-state index is 5.62. The fraction of sp³-hybridized carbons (Fsp3) is 0.0400. The van der Waals surface area contributed by atoms with Crippen molar-refractivity contribution in [3.05, 3.63) is 108 Å². The Labute approximate surface area is 171 Å². The zero-order chi connectivity index (χ0) is 20.6. The van der Waals surface area contributed by atoms with Crippen molar-refractivity contribution >= 4 is 22.7 Å². The molecule has 0 saturated heterocycles. The average molecular weight is 383 g/mol. The Bertz CT molecular complexity index is 933. The van der Waals surface area contributed by atoms with E-state index in [4.69, 9.17) is 22.9 Å². The molecule has 0 heterocycles. The smallest absolute Gasteiger partial charge is 0.0314 e. The highest BCUT2D eigenvalue weighted by Crippen LogP contribution is 2.21. The van der Waals surface area contributed by atoms with E-state index in [1.165, 1.54) is 11.1 Å². The van der Waals surface area contributed by atoms with Crippen molar-refractivity contribution in [1.82, 2.24) is 0 Å². The van der Waals surface area contributed by atoms with E-state index in [-0.39, 0.29) is 0 Å². The molecule has 29 heavy (non-hydrogen) atoms. The first-order valence-electron chi connectivity index (χ1n) is 9.40. The van der Waals surface area contributed by atoms with Crippen molar-refractivity contribution in [2.75, 3.05) is 22.9 Å². The second-order valence-corrected chi connectivity index (χ2v) is 6.90. The zero-order valence-corrected chi connectivity index (χ0v) is 16.3. The Hall–Kier alpha value is -3.92. The van der Waals surface area contributed by atoms with Crippen molar-refractivity contribution < 1.29 is 0 Å². The second-order valence-electron chi connectivity index (χ2n) is 6.90. The molecule has 4 nitrogen and oxygen atoms in total.